The number of nitrogens with one attached hydrogen (secondary N) is 1. The Hall–Kier alpha value is -1.73. The van der Waals surface area contributed by atoms with Gasteiger partial charge in [0, 0.05) is 42.2 Å². The number of anilines is 2. The third kappa shape index (κ3) is 6.53. The van der Waals surface area contributed by atoms with Gasteiger partial charge in [0.2, 0.25) is 0 Å². The molecule has 140 valence electrons. The molecule has 0 spiro atoms. The molecular formula is C19H25BrN4OS. The fourth-order valence-corrected chi connectivity index (χ4v) is 3.24. The lowest BCUT2D eigenvalue weighted by atomic mass is 10.3. The standard InChI is InChI=1S/C19H25BrN4OS/c1-24(2)16-7-5-15(6-8-16)23-22-14-26-19-13-17(25-3)9-10-18(19)21-12-4-11-20/h5-10,13,21H,4,11-12,14H2,1-3H3. The number of alkyl halides is 1. The highest BCUT2D eigenvalue weighted by Gasteiger charge is 2.05. The molecule has 7 heteroatoms. The largest absolute Gasteiger partial charge is 0.497 e. The van der Waals surface area contributed by atoms with Crippen LogP contribution in [0.2, 0.25) is 0 Å². The van der Waals surface area contributed by atoms with Crippen molar-refractivity contribution in [3.63, 3.8) is 0 Å². The SMILES string of the molecule is COc1ccc(NCCCBr)c(SCN=Nc2ccc(N(C)C)cc2)c1. The Balaban J connectivity index is 1.96. The molecule has 0 aliphatic rings. The Morgan fingerprint density at radius 2 is 1.92 bits per heavy atom. The van der Waals surface area contributed by atoms with Crippen LogP contribution in [-0.4, -0.2) is 39.0 Å². The van der Waals surface area contributed by atoms with E-state index < -0.39 is 0 Å². The Labute approximate surface area is 168 Å². The smallest absolute Gasteiger partial charge is 0.120 e. The summed E-state index contributed by atoms with van der Waals surface area (Å²) in [5.74, 6) is 1.39. The van der Waals surface area contributed by atoms with Gasteiger partial charge in [-0.25, -0.2) is 0 Å². The van der Waals surface area contributed by atoms with Crippen LogP contribution in [0.3, 0.4) is 0 Å². The third-order valence-electron chi connectivity index (χ3n) is 3.64. The number of halogens is 1. The summed E-state index contributed by atoms with van der Waals surface area (Å²) >= 11 is 5.09. The predicted molar refractivity (Wildman–Crippen MR) is 116 cm³/mol. The average Bonchev–Trinajstić information content (AvgIpc) is 2.66. The normalized spacial score (nSPS) is 10.9. The molecule has 0 radical (unpaired) electrons. The molecule has 0 atom stereocenters. The summed E-state index contributed by atoms with van der Waals surface area (Å²) < 4.78 is 5.33. The maximum Gasteiger partial charge on any atom is 0.120 e. The number of rotatable bonds is 10. The molecule has 26 heavy (non-hydrogen) atoms. The molecule has 0 amide bonds. The van der Waals surface area contributed by atoms with Crippen LogP contribution in [0.1, 0.15) is 6.42 Å². The molecule has 5 nitrogen and oxygen atoms in total. The van der Waals surface area contributed by atoms with E-state index >= 15 is 0 Å². The molecule has 0 saturated heterocycles. The number of azo groups is 1. The predicted octanol–water partition coefficient (Wildman–Crippen LogP) is 5.79. The second-order valence-electron chi connectivity index (χ2n) is 5.76. The van der Waals surface area contributed by atoms with E-state index in [9.17, 15) is 0 Å². The lowest BCUT2D eigenvalue weighted by molar-refractivity contribution is 0.414. The first-order chi connectivity index (χ1) is 12.6. The van der Waals surface area contributed by atoms with Crippen LogP contribution in [0.25, 0.3) is 0 Å². The lowest BCUT2D eigenvalue weighted by Crippen LogP contribution is -2.07. The molecule has 0 aliphatic heterocycles. The van der Waals surface area contributed by atoms with Gasteiger partial charge in [0.25, 0.3) is 0 Å². The Kier molecular flexibility index (Phi) is 8.77. The van der Waals surface area contributed by atoms with Gasteiger partial charge in [-0.05, 0) is 48.9 Å². The summed E-state index contributed by atoms with van der Waals surface area (Å²) in [7, 11) is 5.72. The molecule has 2 aromatic carbocycles. The van der Waals surface area contributed by atoms with Gasteiger partial charge < -0.3 is 15.0 Å². The van der Waals surface area contributed by atoms with E-state index in [1.165, 1.54) is 0 Å². The minimum atomic E-state index is 0.551. The summed E-state index contributed by atoms with van der Waals surface area (Å²) in [4.78, 5) is 3.17. The quantitative estimate of drug-likeness (QED) is 0.221. The monoisotopic (exact) mass is 436 g/mol. The van der Waals surface area contributed by atoms with Crippen molar-refractivity contribution in [2.24, 2.45) is 10.2 Å². The van der Waals surface area contributed by atoms with E-state index in [4.69, 9.17) is 4.74 Å². The summed E-state index contributed by atoms with van der Waals surface area (Å²) in [5, 5.41) is 13.0. The van der Waals surface area contributed by atoms with E-state index in [2.05, 4.69) is 36.4 Å². The van der Waals surface area contributed by atoms with E-state index in [0.717, 1.165) is 46.0 Å². The number of nitrogens with zero attached hydrogens (tertiary/aromatic N) is 3. The molecular weight excluding hydrogens is 412 g/mol. The molecule has 0 aromatic heterocycles. The highest BCUT2D eigenvalue weighted by molar-refractivity contribution is 9.09. The fourth-order valence-electron chi connectivity index (χ4n) is 2.21. The second kappa shape index (κ2) is 11.1. The first kappa shape index (κ1) is 20.6. The molecule has 2 rings (SSSR count). The number of ether oxygens (including phenoxy) is 1. The van der Waals surface area contributed by atoms with Gasteiger partial charge in [-0.1, -0.05) is 27.7 Å². The van der Waals surface area contributed by atoms with Crippen molar-refractivity contribution >= 4 is 44.8 Å². The zero-order valence-electron chi connectivity index (χ0n) is 15.4. The zero-order chi connectivity index (χ0) is 18.8. The number of benzene rings is 2. The number of thioether (sulfide) groups is 1. The lowest BCUT2D eigenvalue weighted by Gasteiger charge is -2.12. The van der Waals surface area contributed by atoms with Crippen molar-refractivity contribution in [3.8, 4) is 5.75 Å². The van der Waals surface area contributed by atoms with E-state index in [1.54, 1.807) is 18.9 Å². The second-order valence-corrected chi connectivity index (χ2v) is 7.54. The van der Waals surface area contributed by atoms with Crippen LogP contribution in [0.5, 0.6) is 5.75 Å². The third-order valence-corrected chi connectivity index (χ3v) is 5.10. The maximum absolute atomic E-state index is 5.33. The van der Waals surface area contributed by atoms with Gasteiger partial charge in [0.15, 0.2) is 0 Å². The molecule has 0 unspecified atom stereocenters. The Morgan fingerprint density at radius 1 is 1.15 bits per heavy atom. The summed E-state index contributed by atoms with van der Waals surface area (Å²) in [6, 6.07) is 14.1. The van der Waals surface area contributed by atoms with Crippen LogP contribution in [-0.2, 0) is 0 Å². The van der Waals surface area contributed by atoms with Gasteiger partial charge in [0.1, 0.15) is 11.6 Å². The van der Waals surface area contributed by atoms with Crippen LogP contribution in [0, 0.1) is 0 Å². The van der Waals surface area contributed by atoms with Crippen LogP contribution >= 0.6 is 27.7 Å². The number of hydrogen-bond donors (Lipinski definition) is 1. The fraction of sp³-hybridized carbons (Fsp3) is 0.368. The molecule has 2 aromatic rings. The summed E-state index contributed by atoms with van der Waals surface area (Å²) in [5.41, 5.74) is 3.11. The van der Waals surface area contributed by atoms with Gasteiger partial charge in [0.05, 0.1) is 12.8 Å². The van der Waals surface area contributed by atoms with Crippen molar-refractivity contribution in [1.82, 2.24) is 0 Å². The topological polar surface area (TPSA) is 49.2 Å². The maximum atomic E-state index is 5.33. The number of hydrogen-bond acceptors (Lipinski definition) is 6. The minimum Gasteiger partial charge on any atom is -0.497 e. The summed E-state index contributed by atoms with van der Waals surface area (Å²) in [6.07, 6.45) is 1.07. The highest BCUT2D eigenvalue weighted by atomic mass is 79.9. The average molecular weight is 437 g/mol. The Morgan fingerprint density at radius 3 is 2.58 bits per heavy atom. The van der Waals surface area contributed by atoms with Crippen molar-refractivity contribution in [1.29, 1.82) is 0 Å². The number of methoxy groups -OCH3 is 1. The van der Waals surface area contributed by atoms with Crippen molar-refractivity contribution < 1.29 is 4.74 Å². The van der Waals surface area contributed by atoms with Gasteiger partial charge in [-0.3, -0.25) is 0 Å². The van der Waals surface area contributed by atoms with Crippen LogP contribution in [0.15, 0.2) is 57.6 Å². The summed E-state index contributed by atoms with van der Waals surface area (Å²) in [6.45, 7) is 0.922. The first-order valence-corrected chi connectivity index (χ1v) is 10.5. The molecule has 0 bridgehead atoms. The van der Waals surface area contributed by atoms with Crippen LogP contribution in [0.4, 0.5) is 17.1 Å². The molecule has 0 saturated carbocycles. The zero-order valence-corrected chi connectivity index (χ0v) is 17.8. The molecule has 1 N–H and O–H groups in total. The van der Waals surface area contributed by atoms with Crippen molar-refractivity contribution in [2.75, 3.05) is 49.2 Å². The van der Waals surface area contributed by atoms with Crippen LogP contribution < -0.4 is 15.0 Å². The highest BCUT2D eigenvalue weighted by Crippen LogP contribution is 2.31. The van der Waals surface area contributed by atoms with E-state index in [1.807, 2.05) is 56.6 Å². The molecule has 0 heterocycles. The first-order valence-electron chi connectivity index (χ1n) is 8.39. The van der Waals surface area contributed by atoms with E-state index in [0.29, 0.717) is 5.88 Å². The van der Waals surface area contributed by atoms with Gasteiger partial charge in [-0.15, -0.1) is 0 Å². The molecule has 0 aliphatic carbocycles. The van der Waals surface area contributed by atoms with Crippen molar-refractivity contribution in [3.05, 3.63) is 42.5 Å². The van der Waals surface area contributed by atoms with Gasteiger partial charge >= 0.3 is 0 Å². The van der Waals surface area contributed by atoms with Gasteiger partial charge in [-0.2, -0.15) is 10.2 Å². The Bertz CT molecular complexity index is 707. The minimum absolute atomic E-state index is 0.551. The molecule has 0 fully saturated rings. The van der Waals surface area contributed by atoms with E-state index in [-0.39, 0.29) is 0 Å². The van der Waals surface area contributed by atoms with Crippen molar-refractivity contribution in [2.45, 2.75) is 11.3 Å².